The maximum absolute atomic E-state index is 12.2. The first kappa shape index (κ1) is 13.5. The van der Waals surface area contributed by atoms with Crippen molar-refractivity contribution in [2.45, 2.75) is 12.5 Å². The molecule has 6 heteroatoms. The fourth-order valence-electron chi connectivity index (χ4n) is 1.99. The lowest BCUT2D eigenvalue weighted by atomic mass is 10.2. The zero-order valence-corrected chi connectivity index (χ0v) is 10.7. The van der Waals surface area contributed by atoms with E-state index in [1.54, 1.807) is 18.3 Å². The molecule has 0 spiro atoms. The van der Waals surface area contributed by atoms with Gasteiger partial charge in [0, 0.05) is 18.4 Å². The molecule has 1 aliphatic rings. The van der Waals surface area contributed by atoms with Crippen LogP contribution in [0, 0.1) is 0 Å². The van der Waals surface area contributed by atoms with Gasteiger partial charge in [0.1, 0.15) is 0 Å². The summed E-state index contributed by atoms with van der Waals surface area (Å²) in [5, 5.41) is 0. The van der Waals surface area contributed by atoms with E-state index in [2.05, 4.69) is 4.98 Å². The normalized spacial score (nSPS) is 19.0. The molecule has 102 valence electrons. The highest BCUT2D eigenvalue weighted by Crippen LogP contribution is 2.11. The van der Waals surface area contributed by atoms with Gasteiger partial charge in [-0.1, -0.05) is 6.07 Å². The molecule has 0 saturated carbocycles. The molecule has 0 N–H and O–H groups in total. The summed E-state index contributed by atoms with van der Waals surface area (Å²) in [7, 11) is 1.30. The average Bonchev–Trinajstić information content (AvgIpc) is 2.47. The molecule has 1 aliphatic heterocycles. The SMILES string of the molecule is COC(=O)C1COCCN1C(=O)Cc1ccccn1. The fourth-order valence-corrected chi connectivity index (χ4v) is 1.99. The van der Waals surface area contributed by atoms with Crippen molar-refractivity contribution in [3.63, 3.8) is 0 Å². The number of nitrogens with zero attached hydrogens (tertiary/aromatic N) is 2. The maximum atomic E-state index is 12.2. The van der Waals surface area contributed by atoms with Gasteiger partial charge in [-0.15, -0.1) is 0 Å². The number of methoxy groups -OCH3 is 1. The average molecular weight is 264 g/mol. The van der Waals surface area contributed by atoms with Gasteiger partial charge in [0.25, 0.3) is 0 Å². The summed E-state index contributed by atoms with van der Waals surface area (Å²) < 4.78 is 9.92. The van der Waals surface area contributed by atoms with E-state index in [0.29, 0.717) is 18.8 Å². The lowest BCUT2D eigenvalue weighted by Gasteiger charge is -2.33. The van der Waals surface area contributed by atoms with Gasteiger partial charge in [-0.25, -0.2) is 4.79 Å². The lowest BCUT2D eigenvalue weighted by molar-refractivity contribution is -0.160. The first-order valence-corrected chi connectivity index (χ1v) is 6.07. The molecule has 2 heterocycles. The fraction of sp³-hybridized carbons (Fsp3) is 0.462. The molecule has 0 bridgehead atoms. The number of ether oxygens (including phenoxy) is 2. The van der Waals surface area contributed by atoms with Crippen molar-refractivity contribution in [3.8, 4) is 0 Å². The molecule has 1 aromatic rings. The molecule has 1 amide bonds. The molecule has 0 aliphatic carbocycles. The highest BCUT2D eigenvalue weighted by Gasteiger charge is 2.33. The molecule has 2 rings (SSSR count). The summed E-state index contributed by atoms with van der Waals surface area (Å²) in [4.78, 5) is 29.5. The third-order valence-corrected chi connectivity index (χ3v) is 2.98. The number of carbonyl (C=O) groups excluding carboxylic acids is 2. The second kappa shape index (κ2) is 6.29. The Morgan fingerprint density at radius 1 is 1.53 bits per heavy atom. The van der Waals surface area contributed by atoms with Gasteiger partial charge in [-0.3, -0.25) is 9.78 Å². The third-order valence-electron chi connectivity index (χ3n) is 2.98. The van der Waals surface area contributed by atoms with Crippen molar-refractivity contribution >= 4 is 11.9 Å². The number of aromatic nitrogens is 1. The zero-order chi connectivity index (χ0) is 13.7. The molecular formula is C13H16N2O4. The Hall–Kier alpha value is -1.95. The van der Waals surface area contributed by atoms with Crippen LogP contribution in [0.2, 0.25) is 0 Å². The molecule has 1 fully saturated rings. The molecule has 1 atom stereocenters. The Kier molecular flexibility index (Phi) is 4.46. The smallest absolute Gasteiger partial charge is 0.331 e. The van der Waals surface area contributed by atoms with E-state index in [-0.39, 0.29) is 18.9 Å². The summed E-state index contributed by atoms with van der Waals surface area (Å²) in [6, 6.07) is 4.74. The van der Waals surface area contributed by atoms with Crippen LogP contribution in [0.3, 0.4) is 0 Å². The van der Waals surface area contributed by atoms with E-state index in [9.17, 15) is 9.59 Å². The van der Waals surface area contributed by atoms with Crippen LogP contribution in [0.25, 0.3) is 0 Å². The van der Waals surface area contributed by atoms with E-state index < -0.39 is 12.0 Å². The van der Waals surface area contributed by atoms with Crippen LogP contribution < -0.4 is 0 Å². The summed E-state index contributed by atoms with van der Waals surface area (Å²) in [5.41, 5.74) is 0.683. The van der Waals surface area contributed by atoms with Crippen LogP contribution >= 0.6 is 0 Å². The Balaban J connectivity index is 2.05. The molecule has 1 aromatic heterocycles. The van der Waals surface area contributed by atoms with Crippen LogP contribution in [0.15, 0.2) is 24.4 Å². The van der Waals surface area contributed by atoms with Gasteiger partial charge in [0.15, 0.2) is 6.04 Å². The number of amides is 1. The zero-order valence-electron chi connectivity index (χ0n) is 10.7. The lowest BCUT2D eigenvalue weighted by Crippen LogP contribution is -2.53. The summed E-state index contributed by atoms with van der Waals surface area (Å²) >= 11 is 0. The van der Waals surface area contributed by atoms with Crippen molar-refractivity contribution in [1.82, 2.24) is 9.88 Å². The molecule has 1 unspecified atom stereocenters. The van der Waals surface area contributed by atoms with Crippen molar-refractivity contribution in [2.24, 2.45) is 0 Å². The van der Waals surface area contributed by atoms with Crippen LogP contribution in [-0.4, -0.2) is 54.7 Å². The highest BCUT2D eigenvalue weighted by atomic mass is 16.5. The number of rotatable bonds is 3. The molecule has 19 heavy (non-hydrogen) atoms. The van der Waals surface area contributed by atoms with Crippen LogP contribution in [0.5, 0.6) is 0 Å². The Bertz CT molecular complexity index is 449. The monoisotopic (exact) mass is 264 g/mol. The summed E-state index contributed by atoms with van der Waals surface area (Å²) in [6.07, 6.45) is 1.81. The first-order valence-electron chi connectivity index (χ1n) is 6.07. The van der Waals surface area contributed by atoms with E-state index >= 15 is 0 Å². The van der Waals surface area contributed by atoms with Crippen LogP contribution in [0.1, 0.15) is 5.69 Å². The standard InChI is InChI=1S/C13H16N2O4/c1-18-13(17)11-9-19-7-6-15(11)12(16)8-10-4-2-3-5-14-10/h2-5,11H,6-9H2,1H3. The van der Waals surface area contributed by atoms with Gasteiger partial charge in [-0.05, 0) is 12.1 Å². The minimum absolute atomic E-state index is 0.141. The van der Waals surface area contributed by atoms with Crippen molar-refractivity contribution in [3.05, 3.63) is 30.1 Å². The summed E-state index contributed by atoms with van der Waals surface area (Å²) in [5.74, 6) is -0.591. The van der Waals surface area contributed by atoms with Gasteiger partial charge in [0.05, 0.1) is 26.7 Å². The second-order valence-corrected chi connectivity index (χ2v) is 4.20. The van der Waals surface area contributed by atoms with Crippen molar-refractivity contribution in [1.29, 1.82) is 0 Å². The Morgan fingerprint density at radius 3 is 3.05 bits per heavy atom. The number of hydrogen-bond donors (Lipinski definition) is 0. The van der Waals surface area contributed by atoms with Crippen molar-refractivity contribution in [2.75, 3.05) is 26.9 Å². The molecular weight excluding hydrogens is 248 g/mol. The molecule has 0 aromatic carbocycles. The largest absolute Gasteiger partial charge is 0.467 e. The van der Waals surface area contributed by atoms with Crippen molar-refractivity contribution < 1.29 is 19.1 Å². The van der Waals surface area contributed by atoms with E-state index in [1.165, 1.54) is 12.0 Å². The molecule has 6 nitrogen and oxygen atoms in total. The number of carbonyl (C=O) groups is 2. The van der Waals surface area contributed by atoms with Crippen LogP contribution in [-0.2, 0) is 25.5 Å². The van der Waals surface area contributed by atoms with Gasteiger partial charge in [-0.2, -0.15) is 0 Å². The summed E-state index contributed by atoms with van der Waals surface area (Å²) in [6.45, 7) is 1.01. The topological polar surface area (TPSA) is 68.7 Å². The number of hydrogen-bond acceptors (Lipinski definition) is 5. The predicted octanol–water partition coefficient (Wildman–Crippen LogP) is 0.0245. The molecule has 1 saturated heterocycles. The van der Waals surface area contributed by atoms with E-state index in [0.717, 1.165) is 0 Å². The maximum Gasteiger partial charge on any atom is 0.331 e. The Morgan fingerprint density at radius 2 is 2.37 bits per heavy atom. The van der Waals surface area contributed by atoms with Crippen LogP contribution in [0.4, 0.5) is 0 Å². The minimum atomic E-state index is -0.657. The van der Waals surface area contributed by atoms with Gasteiger partial charge in [0.2, 0.25) is 5.91 Å². The van der Waals surface area contributed by atoms with Gasteiger partial charge < -0.3 is 14.4 Å². The molecule has 0 radical (unpaired) electrons. The van der Waals surface area contributed by atoms with E-state index in [1.807, 2.05) is 6.07 Å². The van der Waals surface area contributed by atoms with Gasteiger partial charge >= 0.3 is 5.97 Å². The highest BCUT2D eigenvalue weighted by molar-refractivity contribution is 5.85. The Labute approximate surface area is 111 Å². The van der Waals surface area contributed by atoms with E-state index in [4.69, 9.17) is 9.47 Å². The quantitative estimate of drug-likeness (QED) is 0.720. The number of pyridine rings is 1. The third kappa shape index (κ3) is 3.29. The minimum Gasteiger partial charge on any atom is -0.467 e. The first-order chi connectivity index (χ1) is 9.22. The second-order valence-electron chi connectivity index (χ2n) is 4.20. The number of esters is 1. The predicted molar refractivity (Wildman–Crippen MR) is 66.3 cm³/mol. The number of morpholine rings is 1.